The van der Waals surface area contributed by atoms with Crippen molar-refractivity contribution in [1.29, 1.82) is 0 Å². The topological polar surface area (TPSA) is 43.9 Å². The van der Waals surface area contributed by atoms with Gasteiger partial charge in [0.05, 0.1) is 22.6 Å². The van der Waals surface area contributed by atoms with Gasteiger partial charge in [-0.15, -0.1) is 0 Å². The maximum absolute atomic E-state index is 6.40. The van der Waals surface area contributed by atoms with Gasteiger partial charge in [-0.25, -0.2) is 9.97 Å². The molecule has 0 aliphatic carbocycles. The first-order chi connectivity index (χ1) is 25.2. The molecule has 0 atom stereocenters. The van der Waals surface area contributed by atoms with Crippen molar-refractivity contribution in [3.05, 3.63) is 176 Å². The van der Waals surface area contributed by atoms with Crippen LogP contribution in [0.4, 0.5) is 0 Å². The zero-order valence-corrected chi connectivity index (χ0v) is 28.1. The third-order valence-electron chi connectivity index (χ3n) is 9.52. The van der Waals surface area contributed by atoms with E-state index in [4.69, 9.17) is 14.4 Å². The van der Waals surface area contributed by atoms with E-state index in [1.54, 1.807) is 0 Å². The molecule has 6 aromatic carbocycles. The summed E-state index contributed by atoms with van der Waals surface area (Å²) in [6.07, 6.45) is 6.23. The van der Waals surface area contributed by atoms with Crippen molar-refractivity contribution in [3.63, 3.8) is 0 Å². The molecule has 0 bridgehead atoms. The van der Waals surface area contributed by atoms with Crippen LogP contribution in [0.1, 0.15) is 18.2 Å². The SMILES string of the molecule is C=Cc1c(/C=C\C)n(-c2ccccc2)c2cccc(-c3ccc4oc5ccc(-c6nc(-c7ccccc7)cc(-c7ccccc7)n6)cc5c4c3)c12. The molecule has 3 heterocycles. The van der Waals surface area contributed by atoms with Crippen molar-refractivity contribution in [3.8, 4) is 50.7 Å². The van der Waals surface area contributed by atoms with E-state index >= 15 is 0 Å². The molecule has 0 spiro atoms. The third-order valence-corrected chi connectivity index (χ3v) is 9.52. The lowest BCUT2D eigenvalue weighted by atomic mass is 9.96. The Morgan fingerprint density at radius 1 is 0.588 bits per heavy atom. The van der Waals surface area contributed by atoms with Gasteiger partial charge in [-0.1, -0.05) is 116 Å². The fourth-order valence-corrected chi connectivity index (χ4v) is 7.19. The van der Waals surface area contributed by atoms with E-state index in [1.807, 2.05) is 48.5 Å². The highest BCUT2D eigenvalue weighted by Crippen LogP contribution is 2.41. The third kappa shape index (κ3) is 5.25. The fourth-order valence-electron chi connectivity index (χ4n) is 7.19. The molecule has 0 aliphatic heterocycles. The molecule has 242 valence electrons. The number of furan rings is 1. The minimum absolute atomic E-state index is 0.668. The lowest BCUT2D eigenvalue weighted by Crippen LogP contribution is -1.96. The predicted octanol–water partition coefficient (Wildman–Crippen LogP) is 12.7. The van der Waals surface area contributed by atoms with E-state index < -0.39 is 0 Å². The zero-order chi connectivity index (χ0) is 34.3. The normalized spacial score (nSPS) is 11.6. The van der Waals surface area contributed by atoms with Gasteiger partial charge in [0.2, 0.25) is 0 Å². The van der Waals surface area contributed by atoms with Gasteiger partial charge in [-0.05, 0) is 78.7 Å². The number of hydrogen-bond acceptors (Lipinski definition) is 3. The smallest absolute Gasteiger partial charge is 0.160 e. The second-order valence-electron chi connectivity index (χ2n) is 12.6. The summed E-state index contributed by atoms with van der Waals surface area (Å²) >= 11 is 0. The number of rotatable bonds is 7. The molecule has 0 fully saturated rings. The molecule has 0 N–H and O–H groups in total. The highest BCUT2D eigenvalue weighted by Gasteiger charge is 2.20. The molecule has 51 heavy (non-hydrogen) atoms. The largest absolute Gasteiger partial charge is 0.456 e. The molecule has 0 saturated carbocycles. The number of aromatic nitrogens is 3. The number of hydrogen-bond donors (Lipinski definition) is 0. The summed E-state index contributed by atoms with van der Waals surface area (Å²) in [6, 6.07) is 52.4. The maximum atomic E-state index is 6.40. The van der Waals surface area contributed by atoms with Gasteiger partial charge in [-0.2, -0.15) is 0 Å². The molecule has 0 aliphatic rings. The highest BCUT2D eigenvalue weighted by molar-refractivity contribution is 6.10. The maximum Gasteiger partial charge on any atom is 0.160 e. The molecule has 0 unspecified atom stereocenters. The van der Waals surface area contributed by atoms with Crippen molar-refractivity contribution in [2.45, 2.75) is 6.92 Å². The summed E-state index contributed by atoms with van der Waals surface area (Å²) in [4.78, 5) is 10.2. The highest BCUT2D eigenvalue weighted by atomic mass is 16.3. The van der Waals surface area contributed by atoms with Crippen LogP contribution in [0.2, 0.25) is 0 Å². The average Bonchev–Trinajstić information content (AvgIpc) is 3.73. The fraction of sp³-hybridized carbons (Fsp3) is 0.0213. The summed E-state index contributed by atoms with van der Waals surface area (Å²) in [5.74, 6) is 0.668. The number of nitrogens with zero attached hydrogens (tertiary/aromatic N) is 3. The van der Waals surface area contributed by atoms with Crippen LogP contribution in [0, 0.1) is 0 Å². The van der Waals surface area contributed by atoms with Gasteiger partial charge >= 0.3 is 0 Å². The zero-order valence-electron chi connectivity index (χ0n) is 28.1. The molecule has 9 aromatic rings. The number of fused-ring (bicyclic) bond motifs is 4. The quantitative estimate of drug-likeness (QED) is 0.172. The average molecular weight is 656 g/mol. The van der Waals surface area contributed by atoms with Gasteiger partial charge < -0.3 is 8.98 Å². The van der Waals surface area contributed by atoms with Crippen LogP contribution in [-0.4, -0.2) is 14.5 Å². The first-order valence-electron chi connectivity index (χ1n) is 17.1. The van der Waals surface area contributed by atoms with E-state index in [9.17, 15) is 0 Å². The van der Waals surface area contributed by atoms with Gasteiger partial charge in [0.1, 0.15) is 11.2 Å². The van der Waals surface area contributed by atoms with Crippen molar-refractivity contribution in [1.82, 2.24) is 14.5 Å². The van der Waals surface area contributed by atoms with Gasteiger partial charge in [0, 0.05) is 44.1 Å². The van der Waals surface area contributed by atoms with Crippen molar-refractivity contribution in [2.24, 2.45) is 0 Å². The molecule has 4 nitrogen and oxygen atoms in total. The minimum Gasteiger partial charge on any atom is -0.456 e. The van der Waals surface area contributed by atoms with E-state index in [2.05, 4.69) is 139 Å². The lowest BCUT2D eigenvalue weighted by Gasteiger charge is -2.10. The Morgan fingerprint density at radius 2 is 1.18 bits per heavy atom. The van der Waals surface area contributed by atoms with Crippen LogP contribution in [-0.2, 0) is 0 Å². The molecule has 9 rings (SSSR count). The number of benzene rings is 6. The standard InChI is InChI=1S/C47H33N3O/c1-3-15-42-36(4-2)46-37(22-14-23-43(46)50(42)35-20-12-7-13-21-35)33-24-26-44-38(28-33)39-29-34(25-27-45(39)51-44)47-48-40(31-16-8-5-9-17-31)30-41(49-47)32-18-10-6-11-19-32/h3-30H,2H2,1H3/b15-3-. The summed E-state index contributed by atoms with van der Waals surface area (Å²) in [5.41, 5.74) is 13.1. The van der Waals surface area contributed by atoms with E-state index in [0.717, 1.165) is 89.0 Å². The van der Waals surface area contributed by atoms with E-state index in [1.165, 1.54) is 0 Å². The Labute approximate surface area is 296 Å². The second kappa shape index (κ2) is 12.6. The summed E-state index contributed by atoms with van der Waals surface area (Å²) in [7, 11) is 0. The van der Waals surface area contributed by atoms with Crippen LogP contribution >= 0.6 is 0 Å². The monoisotopic (exact) mass is 655 g/mol. The molecule has 0 amide bonds. The van der Waals surface area contributed by atoms with Crippen molar-refractivity contribution in [2.75, 3.05) is 0 Å². The van der Waals surface area contributed by atoms with Crippen LogP contribution in [0.5, 0.6) is 0 Å². The first kappa shape index (κ1) is 30.3. The van der Waals surface area contributed by atoms with Crippen LogP contribution < -0.4 is 0 Å². The van der Waals surface area contributed by atoms with Gasteiger partial charge in [-0.3, -0.25) is 0 Å². The molecule has 0 saturated heterocycles. The Balaban J connectivity index is 1.23. The summed E-state index contributed by atoms with van der Waals surface area (Å²) < 4.78 is 8.72. The Morgan fingerprint density at radius 3 is 1.78 bits per heavy atom. The number of allylic oxidation sites excluding steroid dienone is 1. The van der Waals surface area contributed by atoms with E-state index in [-0.39, 0.29) is 0 Å². The second-order valence-corrected chi connectivity index (χ2v) is 12.6. The van der Waals surface area contributed by atoms with Gasteiger partial charge in [0.15, 0.2) is 5.82 Å². The van der Waals surface area contributed by atoms with Crippen LogP contribution in [0.25, 0.3) is 95.7 Å². The molecule has 0 radical (unpaired) electrons. The molecular weight excluding hydrogens is 623 g/mol. The lowest BCUT2D eigenvalue weighted by molar-refractivity contribution is 0.669. The van der Waals surface area contributed by atoms with Crippen molar-refractivity contribution >= 4 is 45.0 Å². The summed E-state index contributed by atoms with van der Waals surface area (Å²) in [6.45, 7) is 6.32. The first-order valence-corrected chi connectivity index (χ1v) is 17.1. The number of para-hydroxylation sites is 1. The predicted molar refractivity (Wildman–Crippen MR) is 213 cm³/mol. The van der Waals surface area contributed by atoms with Crippen LogP contribution in [0.15, 0.2) is 169 Å². The molecular formula is C47H33N3O. The molecule has 4 heteroatoms. The van der Waals surface area contributed by atoms with Crippen molar-refractivity contribution < 1.29 is 4.42 Å². The Kier molecular flexibility index (Phi) is 7.48. The van der Waals surface area contributed by atoms with E-state index in [0.29, 0.717) is 5.82 Å². The minimum atomic E-state index is 0.668. The van der Waals surface area contributed by atoms with Gasteiger partial charge in [0.25, 0.3) is 0 Å². The Hall–Kier alpha value is -6.78. The Bertz CT molecular complexity index is 2700. The van der Waals surface area contributed by atoms with Crippen LogP contribution in [0.3, 0.4) is 0 Å². The molecule has 3 aromatic heterocycles. The summed E-state index contributed by atoms with van der Waals surface area (Å²) in [5, 5.41) is 3.23.